The van der Waals surface area contributed by atoms with E-state index in [4.69, 9.17) is 25.8 Å². The SMILES string of the molecule is CCOCCNc1c(OC(=O)OCC)cnc2c1cnn2CC(Cl)c1ccccc1. The van der Waals surface area contributed by atoms with Crippen LogP contribution in [0.3, 0.4) is 0 Å². The summed E-state index contributed by atoms with van der Waals surface area (Å²) in [7, 11) is 0. The minimum absolute atomic E-state index is 0.218. The summed E-state index contributed by atoms with van der Waals surface area (Å²) in [6, 6.07) is 9.79. The number of rotatable bonds is 10. The molecule has 9 heteroatoms. The Morgan fingerprint density at radius 1 is 1.20 bits per heavy atom. The molecule has 30 heavy (non-hydrogen) atoms. The molecule has 0 aliphatic rings. The van der Waals surface area contributed by atoms with Gasteiger partial charge in [-0.3, -0.25) is 0 Å². The lowest BCUT2D eigenvalue weighted by molar-refractivity contribution is 0.104. The molecule has 3 aromatic rings. The van der Waals surface area contributed by atoms with Gasteiger partial charge >= 0.3 is 6.16 Å². The summed E-state index contributed by atoms with van der Waals surface area (Å²) in [5.41, 5.74) is 2.23. The van der Waals surface area contributed by atoms with E-state index in [9.17, 15) is 4.79 Å². The molecule has 0 amide bonds. The van der Waals surface area contributed by atoms with Crippen LogP contribution in [0.1, 0.15) is 24.8 Å². The third-order valence-electron chi connectivity index (χ3n) is 4.33. The normalized spacial score (nSPS) is 12.0. The summed E-state index contributed by atoms with van der Waals surface area (Å²) in [5, 5.41) is 8.15. The lowest BCUT2D eigenvalue weighted by Crippen LogP contribution is -2.14. The van der Waals surface area contributed by atoms with Crippen LogP contribution in [0.4, 0.5) is 10.5 Å². The summed E-state index contributed by atoms with van der Waals surface area (Å²) in [6.45, 7) is 5.95. The number of benzene rings is 1. The van der Waals surface area contributed by atoms with Crippen LogP contribution in [0, 0.1) is 0 Å². The molecule has 1 N–H and O–H groups in total. The number of nitrogens with one attached hydrogen (secondary N) is 1. The van der Waals surface area contributed by atoms with E-state index in [-0.39, 0.29) is 17.7 Å². The molecule has 3 rings (SSSR count). The first-order valence-electron chi connectivity index (χ1n) is 9.83. The van der Waals surface area contributed by atoms with Crippen LogP contribution < -0.4 is 10.1 Å². The molecule has 0 saturated carbocycles. The minimum atomic E-state index is -0.788. The zero-order valence-corrected chi connectivity index (χ0v) is 17.8. The fourth-order valence-corrected chi connectivity index (χ4v) is 3.23. The lowest BCUT2D eigenvalue weighted by Gasteiger charge is -2.14. The second-order valence-corrected chi connectivity index (χ2v) is 6.88. The molecule has 1 unspecified atom stereocenters. The Balaban J connectivity index is 1.88. The number of aromatic nitrogens is 3. The fraction of sp³-hybridized carbons (Fsp3) is 0.381. The van der Waals surface area contributed by atoms with Crippen molar-refractivity contribution in [1.82, 2.24) is 14.8 Å². The third kappa shape index (κ3) is 5.40. The van der Waals surface area contributed by atoms with Crippen LogP contribution in [-0.4, -0.2) is 47.3 Å². The number of alkyl halides is 1. The number of nitrogens with zero attached hydrogens (tertiary/aromatic N) is 3. The Morgan fingerprint density at radius 2 is 2.00 bits per heavy atom. The highest BCUT2D eigenvalue weighted by molar-refractivity contribution is 6.20. The molecule has 2 aromatic heterocycles. The van der Waals surface area contributed by atoms with Crippen LogP contribution >= 0.6 is 11.6 Å². The summed E-state index contributed by atoms with van der Waals surface area (Å²) in [6.07, 6.45) is 2.37. The van der Waals surface area contributed by atoms with E-state index in [1.54, 1.807) is 17.8 Å². The van der Waals surface area contributed by atoms with Crippen LogP contribution in [0.2, 0.25) is 0 Å². The van der Waals surface area contributed by atoms with Gasteiger partial charge in [0, 0.05) is 13.2 Å². The van der Waals surface area contributed by atoms with E-state index < -0.39 is 6.16 Å². The van der Waals surface area contributed by atoms with E-state index in [1.165, 1.54) is 6.20 Å². The molecule has 8 nitrogen and oxygen atoms in total. The summed E-state index contributed by atoms with van der Waals surface area (Å²) in [4.78, 5) is 16.3. The van der Waals surface area contributed by atoms with Crippen molar-refractivity contribution in [3.8, 4) is 5.75 Å². The molecular weight excluding hydrogens is 408 g/mol. The second kappa shape index (κ2) is 10.8. The fourth-order valence-electron chi connectivity index (χ4n) is 2.95. The molecule has 1 atom stereocenters. The maximum atomic E-state index is 11.8. The monoisotopic (exact) mass is 432 g/mol. The molecule has 0 aliphatic carbocycles. The molecule has 0 radical (unpaired) electrons. The number of hydrogen-bond donors (Lipinski definition) is 1. The average Bonchev–Trinajstić information content (AvgIpc) is 3.16. The van der Waals surface area contributed by atoms with Crippen molar-refractivity contribution in [1.29, 1.82) is 0 Å². The van der Waals surface area contributed by atoms with Crippen molar-refractivity contribution in [3.63, 3.8) is 0 Å². The molecule has 0 spiro atoms. The van der Waals surface area contributed by atoms with Crippen molar-refractivity contribution in [2.75, 3.05) is 31.7 Å². The van der Waals surface area contributed by atoms with Gasteiger partial charge in [-0.15, -0.1) is 11.6 Å². The van der Waals surface area contributed by atoms with E-state index in [0.717, 1.165) is 5.56 Å². The van der Waals surface area contributed by atoms with Crippen LogP contribution in [0.15, 0.2) is 42.7 Å². The maximum absolute atomic E-state index is 11.8. The van der Waals surface area contributed by atoms with Crippen LogP contribution in [-0.2, 0) is 16.0 Å². The number of carbonyl (C=O) groups excluding carboxylic acids is 1. The van der Waals surface area contributed by atoms with Gasteiger partial charge in [-0.1, -0.05) is 30.3 Å². The molecule has 0 aliphatic heterocycles. The molecule has 2 heterocycles. The molecule has 160 valence electrons. The predicted octanol–water partition coefficient (Wildman–Crippen LogP) is 4.40. The van der Waals surface area contributed by atoms with Crippen molar-refractivity contribution in [3.05, 3.63) is 48.3 Å². The van der Waals surface area contributed by atoms with Gasteiger partial charge in [0.05, 0.1) is 48.6 Å². The van der Waals surface area contributed by atoms with Gasteiger partial charge in [-0.05, 0) is 19.4 Å². The number of pyridine rings is 1. The van der Waals surface area contributed by atoms with Gasteiger partial charge in [0.25, 0.3) is 0 Å². The van der Waals surface area contributed by atoms with E-state index in [0.29, 0.717) is 43.0 Å². The topological polar surface area (TPSA) is 87.5 Å². The molecule has 0 fully saturated rings. The van der Waals surface area contributed by atoms with Gasteiger partial charge in [-0.2, -0.15) is 5.10 Å². The number of carbonyl (C=O) groups is 1. The van der Waals surface area contributed by atoms with Crippen LogP contribution in [0.5, 0.6) is 5.75 Å². The van der Waals surface area contributed by atoms with Crippen molar-refractivity contribution in [2.45, 2.75) is 25.8 Å². The zero-order valence-electron chi connectivity index (χ0n) is 17.0. The standard InChI is InChI=1S/C21H25ClN4O4/c1-3-28-11-10-23-19-16-12-25-26(14-17(22)15-8-6-5-7-9-15)20(16)24-13-18(19)30-21(27)29-4-2/h5-9,12-13,17H,3-4,10-11,14H2,1-2H3,(H,23,24). The van der Waals surface area contributed by atoms with Gasteiger partial charge in [0.1, 0.15) is 0 Å². The summed E-state index contributed by atoms with van der Waals surface area (Å²) >= 11 is 6.58. The van der Waals surface area contributed by atoms with E-state index in [2.05, 4.69) is 15.4 Å². The largest absolute Gasteiger partial charge is 0.513 e. The third-order valence-corrected chi connectivity index (χ3v) is 4.72. The Hall–Kier alpha value is -2.84. The number of halogens is 1. The van der Waals surface area contributed by atoms with Crippen molar-refractivity contribution >= 4 is 34.5 Å². The molecule has 1 aromatic carbocycles. The average molecular weight is 433 g/mol. The van der Waals surface area contributed by atoms with Crippen LogP contribution in [0.25, 0.3) is 11.0 Å². The lowest BCUT2D eigenvalue weighted by atomic mass is 10.1. The minimum Gasteiger partial charge on any atom is -0.434 e. The second-order valence-electron chi connectivity index (χ2n) is 6.35. The van der Waals surface area contributed by atoms with E-state index in [1.807, 2.05) is 37.3 Å². The maximum Gasteiger partial charge on any atom is 0.513 e. The summed E-state index contributed by atoms with van der Waals surface area (Å²) < 4.78 is 17.3. The highest BCUT2D eigenvalue weighted by atomic mass is 35.5. The quantitative estimate of drug-likeness (QED) is 0.288. The van der Waals surface area contributed by atoms with Gasteiger partial charge in [0.15, 0.2) is 11.4 Å². The smallest absolute Gasteiger partial charge is 0.434 e. The Morgan fingerprint density at radius 3 is 2.73 bits per heavy atom. The van der Waals surface area contributed by atoms with Crippen molar-refractivity contribution < 1.29 is 19.0 Å². The number of ether oxygens (including phenoxy) is 3. The Kier molecular flexibility index (Phi) is 7.87. The zero-order chi connectivity index (χ0) is 21.3. The predicted molar refractivity (Wildman–Crippen MR) is 115 cm³/mol. The highest BCUT2D eigenvalue weighted by Gasteiger charge is 2.19. The van der Waals surface area contributed by atoms with Crippen molar-refractivity contribution in [2.24, 2.45) is 0 Å². The van der Waals surface area contributed by atoms with Gasteiger partial charge in [-0.25, -0.2) is 14.5 Å². The summed E-state index contributed by atoms with van der Waals surface area (Å²) in [5.74, 6) is 0.266. The molecule has 0 bridgehead atoms. The number of anilines is 1. The van der Waals surface area contributed by atoms with Gasteiger partial charge < -0.3 is 19.5 Å². The molecule has 0 saturated heterocycles. The van der Waals surface area contributed by atoms with E-state index >= 15 is 0 Å². The first-order chi connectivity index (χ1) is 14.6. The molecular formula is C21H25ClN4O4. The number of hydrogen-bond acceptors (Lipinski definition) is 7. The first kappa shape index (κ1) is 21.9. The first-order valence-corrected chi connectivity index (χ1v) is 10.3. The van der Waals surface area contributed by atoms with Gasteiger partial charge in [0.2, 0.25) is 0 Å². The Bertz CT molecular complexity index is 964. The number of fused-ring (bicyclic) bond motifs is 1. The highest BCUT2D eigenvalue weighted by Crippen LogP contribution is 2.33. The Labute approximate surface area is 180 Å².